The molecule has 0 spiro atoms. The van der Waals surface area contributed by atoms with Crippen LogP contribution in [-0.2, 0) is 11.2 Å². The number of aromatic nitrogens is 1. The van der Waals surface area contributed by atoms with Gasteiger partial charge in [-0.2, -0.15) is 0 Å². The van der Waals surface area contributed by atoms with E-state index in [0.29, 0.717) is 41.2 Å². The molecule has 0 aliphatic heterocycles. The zero-order valence-electron chi connectivity index (χ0n) is 15.7. The minimum absolute atomic E-state index is 0.0930. The number of carbonyl (C=O) groups is 3. The summed E-state index contributed by atoms with van der Waals surface area (Å²) in [7, 11) is 1.62. The SMILES string of the molecule is CCOC(=O)N(C)c1ccc(NC(=O)c2[nH]c3c(c2C)C(=O)CCC3)cc1. The van der Waals surface area contributed by atoms with Crippen LogP contribution >= 0.6 is 0 Å². The largest absolute Gasteiger partial charge is 0.449 e. The molecule has 1 aliphatic carbocycles. The van der Waals surface area contributed by atoms with E-state index in [4.69, 9.17) is 4.74 Å². The maximum Gasteiger partial charge on any atom is 0.413 e. The number of aromatic amines is 1. The Labute approximate surface area is 157 Å². The molecule has 0 bridgehead atoms. The van der Waals surface area contributed by atoms with E-state index in [-0.39, 0.29) is 11.7 Å². The van der Waals surface area contributed by atoms with Crippen LogP contribution in [0.2, 0.25) is 0 Å². The number of hydrogen-bond acceptors (Lipinski definition) is 4. The summed E-state index contributed by atoms with van der Waals surface area (Å²) in [5.74, 6) is -0.198. The molecular weight excluding hydrogens is 346 g/mol. The Morgan fingerprint density at radius 3 is 2.56 bits per heavy atom. The second kappa shape index (κ2) is 7.65. The number of fused-ring (bicyclic) bond motifs is 1. The molecule has 1 aliphatic rings. The lowest BCUT2D eigenvalue weighted by molar-refractivity contribution is 0.0971. The maximum atomic E-state index is 12.6. The summed E-state index contributed by atoms with van der Waals surface area (Å²) in [5.41, 5.74) is 3.88. The van der Waals surface area contributed by atoms with Crippen molar-refractivity contribution >= 4 is 29.2 Å². The average molecular weight is 369 g/mol. The summed E-state index contributed by atoms with van der Waals surface area (Å²) in [4.78, 5) is 41.0. The van der Waals surface area contributed by atoms with Crippen LogP contribution in [0.4, 0.5) is 16.2 Å². The Morgan fingerprint density at radius 2 is 1.93 bits per heavy atom. The number of ketones is 1. The molecule has 0 saturated carbocycles. The zero-order valence-corrected chi connectivity index (χ0v) is 15.7. The highest BCUT2D eigenvalue weighted by Crippen LogP contribution is 2.27. The molecule has 142 valence electrons. The normalized spacial score (nSPS) is 13.1. The predicted molar refractivity (Wildman–Crippen MR) is 103 cm³/mol. The standard InChI is InChI=1S/C20H23N3O4/c1-4-27-20(26)23(3)14-10-8-13(9-11-14)21-19(25)18-12(2)17-15(22-18)6-5-7-16(17)24/h8-11,22H,4-7H2,1-3H3,(H,21,25). The van der Waals surface area contributed by atoms with Crippen molar-refractivity contribution in [3.63, 3.8) is 0 Å². The second-order valence-corrected chi connectivity index (χ2v) is 6.51. The smallest absolute Gasteiger partial charge is 0.413 e. The van der Waals surface area contributed by atoms with Gasteiger partial charge < -0.3 is 15.0 Å². The fourth-order valence-corrected chi connectivity index (χ4v) is 3.29. The molecule has 1 heterocycles. The van der Waals surface area contributed by atoms with Crippen molar-refractivity contribution in [3.05, 3.63) is 46.8 Å². The highest BCUT2D eigenvalue weighted by atomic mass is 16.6. The Bertz CT molecular complexity index is 883. The average Bonchev–Trinajstić information content (AvgIpc) is 3.00. The first-order valence-electron chi connectivity index (χ1n) is 8.99. The Morgan fingerprint density at radius 1 is 1.22 bits per heavy atom. The molecule has 3 rings (SSSR count). The van der Waals surface area contributed by atoms with E-state index >= 15 is 0 Å². The van der Waals surface area contributed by atoms with Gasteiger partial charge in [-0.05, 0) is 56.5 Å². The van der Waals surface area contributed by atoms with E-state index in [1.165, 1.54) is 4.90 Å². The molecule has 0 saturated heterocycles. The fourth-order valence-electron chi connectivity index (χ4n) is 3.29. The first kappa shape index (κ1) is 18.7. The third kappa shape index (κ3) is 3.72. The van der Waals surface area contributed by atoms with E-state index in [1.807, 2.05) is 0 Å². The Kier molecular flexibility index (Phi) is 5.30. The molecule has 0 unspecified atom stereocenters. The third-order valence-corrected chi connectivity index (χ3v) is 4.72. The molecule has 0 atom stereocenters. The first-order chi connectivity index (χ1) is 12.9. The fraction of sp³-hybridized carbons (Fsp3) is 0.350. The summed E-state index contributed by atoms with van der Waals surface area (Å²) >= 11 is 0. The van der Waals surface area contributed by atoms with Crippen LogP contribution in [-0.4, -0.2) is 36.4 Å². The third-order valence-electron chi connectivity index (χ3n) is 4.72. The van der Waals surface area contributed by atoms with Crippen LogP contribution in [0.1, 0.15) is 51.9 Å². The Hall–Kier alpha value is -3.09. The number of amides is 2. The lowest BCUT2D eigenvalue weighted by atomic mass is 9.94. The van der Waals surface area contributed by atoms with Gasteiger partial charge in [0.15, 0.2) is 5.78 Å². The van der Waals surface area contributed by atoms with Crippen molar-refractivity contribution in [1.82, 2.24) is 4.98 Å². The number of ether oxygens (including phenoxy) is 1. The highest BCUT2D eigenvalue weighted by Gasteiger charge is 2.26. The van der Waals surface area contributed by atoms with E-state index in [9.17, 15) is 14.4 Å². The zero-order chi connectivity index (χ0) is 19.6. The van der Waals surface area contributed by atoms with Gasteiger partial charge in [-0.3, -0.25) is 14.5 Å². The van der Waals surface area contributed by atoms with Crippen molar-refractivity contribution in [3.8, 4) is 0 Å². The number of H-pyrrole nitrogens is 1. The summed E-state index contributed by atoms with van der Waals surface area (Å²) < 4.78 is 4.96. The van der Waals surface area contributed by atoms with E-state index in [1.54, 1.807) is 45.2 Å². The number of aryl methyl sites for hydroxylation is 1. The van der Waals surface area contributed by atoms with Gasteiger partial charge in [-0.15, -0.1) is 0 Å². The second-order valence-electron chi connectivity index (χ2n) is 6.51. The highest BCUT2D eigenvalue weighted by molar-refractivity contribution is 6.08. The van der Waals surface area contributed by atoms with Crippen LogP contribution in [0.25, 0.3) is 0 Å². The van der Waals surface area contributed by atoms with E-state index in [0.717, 1.165) is 18.5 Å². The van der Waals surface area contributed by atoms with Gasteiger partial charge in [-0.25, -0.2) is 4.79 Å². The lowest BCUT2D eigenvalue weighted by Crippen LogP contribution is -2.26. The van der Waals surface area contributed by atoms with Gasteiger partial charge in [0.25, 0.3) is 5.91 Å². The van der Waals surface area contributed by atoms with Gasteiger partial charge in [0, 0.05) is 36.1 Å². The molecule has 2 amide bonds. The summed E-state index contributed by atoms with van der Waals surface area (Å²) in [6.07, 6.45) is 1.68. The summed E-state index contributed by atoms with van der Waals surface area (Å²) in [6, 6.07) is 6.88. The van der Waals surface area contributed by atoms with Crippen molar-refractivity contribution in [1.29, 1.82) is 0 Å². The molecule has 0 fully saturated rings. The van der Waals surface area contributed by atoms with Gasteiger partial charge in [0.2, 0.25) is 0 Å². The molecule has 2 aromatic rings. The van der Waals surface area contributed by atoms with Crippen LogP contribution in [0.5, 0.6) is 0 Å². The molecular formula is C20H23N3O4. The molecule has 1 aromatic carbocycles. The van der Waals surface area contributed by atoms with E-state index in [2.05, 4.69) is 10.3 Å². The predicted octanol–water partition coefficient (Wildman–Crippen LogP) is 3.69. The number of nitrogens with one attached hydrogen (secondary N) is 2. The Balaban J connectivity index is 1.74. The van der Waals surface area contributed by atoms with Gasteiger partial charge in [-0.1, -0.05) is 0 Å². The van der Waals surface area contributed by atoms with Crippen LogP contribution in [0, 0.1) is 6.92 Å². The van der Waals surface area contributed by atoms with E-state index < -0.39 is 6.09 Å². The summed E-state index contributed by atoms with van der Waals surface area (Å²) in [6.45, 7) is 3.85. The minimum atomic E-state index is -0.438. The van der Waals surface area contributed by atoms with Gasteiger partial charge >= 0.3 is 6.09 Å². The molecule has 2 N–H and O–H groups in total. The molecule has 7 nitrogen and oxygen atoms in total. The van der Waals surface area contributed by atoms with Crippen LogP contribution in [0.3, 0.4) is 0 Å². The topological polar surface area (TPSA) is 91.5 Å². The number of Topliss-reactive ketones (excluding diaryl/α,β-unsaturated/α-hetero) is 1. The number of benzene rings is 1. The summed E-state index contributed by atoms with van der Waals surface area (Å²) in [5, 5.41) is 2.83. The van der Waals surface area contributed by atoms with Crippen LogP contribution in [0.15, 0.2) is 24.3 Å². The quantitative estimate of drug-likeness (QED) is 0.860. The molecule has 27 heavy (non-hydrogen) atoms. The molecule has 0 radical (unpaired) electrons. The number of hydrogen-bond donors (Lipinski definition) is 2. The van der Waals surface area contributed by atoms with Crippen molar-refractivity contribution < 1.29 is 19.1 Å². The molecule has 1 aromatic heterocycles. The number of carbonyl (C=O) groups excluding carboxylic acids is 3. The van der Waals surface area contributed by atoms with Crippen molar-refractivity contribution in [2.24, 2.45) is 0 Å². The van der Waals surface area contributed by atoms with Gasteiger partial charge in [0.05, 0.1) is 6.61 Å². The maximum absolute atomic E-state index is 12.6. The first-order valence-corrected chi connectivity index (χ1v) is 8.99. The molecule has 7 heteroatoms. The van der Waals surface area contributed by atoms with Crippen LogP contribution < -0.4 is 10.2 Å². The number of nitrogens with zero attached hydrogens (tertiary/aromatic N) is 1. The monoisotopic (exact) mass is 369 g/mol. The van der Waals surface area contributed by atoms with Crippen molar-refractivity contribution in [2.75, 3.05) is 23.9 Å². The van der Waals surface area contributed by atoms with Gasteiger partial charge in [0.1, 0.15) is 5.69 Å². The number of anilines is 2. The number of rotatable bonds is 4. The van der Waals surface area contributed by atoms with Crippen molar-refractivity contribution in [2.45, 2.75) is 33.1 Å². The minimum Gasteiger partial charge on any atom is -0.449 e. The lowest BCUT2D eigenvalue weighted by Gasteiger charge is -2.16.